The van der Waals surface area contributed by atoms with Crippen molar-refractivity contribution in [3.8, 4) is 11.5 Å². The van der Waals surface area contributed by atoms with Crippen molar-refractivity contribution in [3.05, 3.63) is 120 Å². The first-order valence-corrected chi connectivity index (χ1v) is 14.9. The zero-order valence-electron chi connectivity index (χ0n) is 25.2. The maximum atomic E-state index is 11.9. The number of nitrogens with zero attached hydrogens (tertiary/aromatic N) is 3. The summed E-state index contributed by atoms with van der Waals surface area (Å²) in [6.45, 7) is 6.23. The molecule has 1 saturated heterocycles. The Morgan fingerprint density at radius 2 is 1.32 bits per heavy atom. The summed E-state index contributed by atoms with van der Waals surface area (Å²) in [6, 6.07) is 35.5. The second kappa shape index (κ2) is 14.7. The van der Waals surface area contributed by atoms with Crippen molar-refractivity contribution in [1.29, 1.82) is 0 Å². The highest BCUT2D eigenvalue weighted by Gasteiger charge is 2.33. The third kappa shape index (κ3) is 8.24. The molecule has 228 valence electrons. The number of rotatable bonds is 13. The van der Waals surface area contributed by atoms with Crippen LogP contribution in [0.2, 0.25) is 0 Å². The fourth-order valence-electron chi connectivity index (χ4n) is 5.34. The maximum absolute atomic E-state index is 11.9. The molecular formula is C36H39N3O5. The van der Waals surface area contributed by atoms with Gasteiger partial charge in [0.2, 0.25) is 11.8 Å². The van der Waals surface area contributed by atoms with Crippen molar-refractivity contribution >= 4 is 23.2 Å². The van der Waals surface area contributed by atoms with E-state index in [4.69, 9.17) is 9.47 Å². The maximum Gasteiger partial charge on any atom is 0.230 e. The van der Waals surface area contributed by atoms with Crippen LogP contribution in [0.5, 0.6) is 11.5 Å². The molecule has 1 heterocycles. The van der Waals surface area contributed by atoms with E-state index in [0.29, 0.717) is 24.6 Å². The number of anilines is 2. The highest BCUT2D eigenvalue weighted by atomic mass is 16.5. The third-order valence-electron chi connectivity index (χ3n) is 7.67. The molecule has 5 rings (SSSR count). The normalized spacial score (nSPS) is 13.7. The largest absolute Gasteiger partial charge is 0.491 e. The summed E-state index contributed by atoms with van der Waals surface area (Å²) in [4.78, 5) is 29.5. The lowest BCUT2D eigenvalue weighted by Gasteiger charge is -2.47. The Kier molecular flexibility index (Phi) is 10.3. The summed E-state index contributed by atoms with van der Waals surface area (Å²) >= 11 is 0. The van der Waals surface area contributed by atoms with Gasteiger partial charge in [0.1, 0.15) is 30.8 Å². The monoisotopic (exact) mass is 593 g/mol. The molecule has 8 heteroatoms. The topological polar surface area (TPSA) is 82.6 Å². The van der Waals surface area contributed by atoms with Crippen molar-refractivity contribution < 1.29 is 24.2 Å². The van der Waals surface area contributed by atoms with Crippen molar-refractivity contribution in [2.75, 3.05) is 36.0 Å². The molecule has 4 aromatic carbocycles. The van der Waals surface area contributed by atoms with Gasteiger partial charge in [-0.25, -0.2) is 0 Å². The van der Waals surface area contributed by atoms with Crippen LogP contribution in [-0.2, 0) is 22.7 Å². The molecule has 1 N–H and O–H groups in total. The minimum absolute atomic E-state index is 0.177. The molecule has 44 heavy (non-hydrogen) atoms. The van der Waals surface area contributed by atoms with Gasteiger partial charge in [-0.1, -0.05) is 60.7 Å². The molecular weight excluding hydrogens is 554 g/mol. The lowest BCUT2D eigenvalue weighted by atomic mass is 10.0. The number of imide groups is 1. The Morgan fingerprint density at radius 1 is 0.773 bits per heavy atom. The Bertz CT molecular complexity index is 1480. The summed E-state index contributed by atoms with van der Waals surface area (Å²) in [5.74, 6) is 0.823. The molecule has 1 aliphatic heterocycles. The fraction of sp³-hybridized carbons (Fsp3) is 0.278. The number of aliphatic hydroxyl groups is 1. The number of amides is 2. The Labute approximate surface area is 259 Å². The van der Waals surface area contributed by atoms with Gasteiger partial charge in [0.05, 0.1) is 5.69 Å². The first kappa shape index (κ1) is 30.8. The predicted molar refractivity (Wildman–Crippen MR) is 172 cm³/mol. The molecule has 1 aliphatic rings. The van der Waals surface area contributed by atoms with Gasteiger partial charge in [0, 0.05) is 51.8 Å². The van der Waals surface area contributed by atoms with Crippen molar-refractivity contribution in [2.24, 2.45) is 0 Å². The number of benzene rings is 4. The molecule has 2 amide bonds. The van der Waals surface area contributed by atoms with Gasteiger partial charge in [-0.05, 0) is 59.7 Å². The molecule has 4 aromatic rings. The highest BCUT2D eigenvalue weighted by molar-refractivity contribution is 6.13. The van der Waals surface area contributed by atoms with Gasteiger partial charge in [-0.2, -0.15) is 0 Å². The van der Waals surface area contributed by atoms with Crippen LogP contribution in [0.1, 0.15) is 25.0 Å². The smallest absolute Gasteiger partial charge is 0.230 e. The summed E-state index contributed by atoms with van der Waals surface area (Å²) in [7, 11) is 0. The van der Waals surface area contributed by atoms with Gasteiger partial charge < -0.3 is 19.5 Å². The molecule has 1 fully saturated rings. The predicted octanol–water partition coefficient (Wildman–Crippen LogP) is 5.30. The number of hydrogen-bond acceptors (Lipinski definition) is 7. The molecule has 0 unspecified atom stereocenters. The molecule has 0 radical (unpaired) electrons. The number of carbonyl (C=O) groups is 2. The second-order valence-electron chi connectivity index (χ2n) is 11.1. The molecule has 1 atom stereocenters. The Hall–Kier alpha value is -4.66. The zero-order valence-corrected chi connectivity index (χ0v) is 25.2. The quantitative estimate of drug-likeness (QED) is 0.225. The van der Waals surface area contributed by atoms with Crippen LogP contribution in [0.4, 0.5) is 11.4 Å². The summed E-state index contributed by atoms with van der Waals surface area (Å²) < 4.78 is 11.8. The van der Waals surface area contributed by atoms with Gasteiger partial charge in [-0.15, -0.1) is 0 Å². The lowest BCUT2D eigenvalue weighted by Crippen LogP contribution is -2.60. The standard InChI is InChI=1S/C36H39N3O5/c1-27(40)39(28(2)41)32-15-13-31(14-16-32)38-22-33(23-38)37(21-29-9-5-3-6-10-29)24-34(42)26-44-36-19-17-35(18-20-36)43-25-30-11-7-4-8-12-30/h3-20,33-34,42H,21-26H2,1-2H3/t34-/m0/s1. The lowest BCUT2D eigenvalue weighted by molar-refractivity contribution is -0.124. The average molecular weight is 594 g/mol. The van der Waals surface area contributed by atoms with Gasteiger partial charge in [-0.3, -0.25) is 19.4 Å². The van der Waals surface area contributed by atoms with Crippen LogP contribution >= 0.6 is 0 Å². The fourth-order valence-corrected chi connectivity index (χ4v) is 5.34. The zero-order chi connectivity index (χ0) is 30.9. The number of hydrogen-bond donors (Lipinski definition) is 1. The second-order valence-corrected chi connectivity index (χ2v) is 11.1. The van der Waals surface area contributed by atoms with Crippen molar-refractivity contribution in [2.45, 2.75) is 39.1 Å². The van der Waals surface area contributed by atoms with E-state index < -0.39 is 6.10 Å². The van der Waals surface area contributed by atoms with E-state index in [9.17, 15) is 14.7 Å². The van der Waals surface area contributed by atoms with Crippen molar-refractivity contribution in [3.63, 3.8) is 0 Å². The molecule has 0 aromatic heterocycles. The SMILES string of the molecule is CC(=O)N(C(C)=O)c1ccc(N2CC(N(Cc3ccccc3)C[C@H](O)COc3ccc(OCc4ccccc4)cc3)C2)cc1. The molecule has 0 saturated carbocycles. The highest BCUT2D eigenvalue weighted by Crippen LogP contribution is 2.28. The van der Waals surface area contributed by atoms with Gasteiger partial charge in [0.15, 0.2) is 0 Å². The summed E-state index contributed by atoms with van der Waals surface area (Å²) in [6.07, 6.45) is -0.676. The summed E-state index contributed by atoms with van der Waals surface area (Å²) in [5.41, 5.74) is 3.88. The minimum Gasteiger partial charge on any atom is -0.491 e. The van der Waals surface area contributed by atoms with Crippen LogP contribution in [0, 0.1) is 0 Å². The van der Waals surface area contributed by atoms with E-state index in [-0.39, 0.29) is 24.5 Å². The number of ether oxygens (including phenoxy) is 2. The van der Waals surface area contributed by atoms with E-state index >= 15 is 0 Å². The van der Waals surface area contributed by atoms with E-state index in [2.05, 4.69) is 21.9 Å². The van der Waals surface area contributed by atoms with Crippen LogP contribution < -0.4 is 19.3 Å². The molecule has 8 nitrogen and oxygen atoms in total. The summed E-state index contributed by atoms with van der Waals surface area (Å²) in [5, 5.41) is 11.0. The molecule has 0 spiro atoms. The van der Waals surface area contributed by atoms with E-state index in [1.165, 1.54) is 24.3 Å². The van der Waals surface area contributed by atoms with Gasteiger partial charge in [0.25, 0.3) is 0 Å². The van der Waals surface area contributed by atoms with Crippen molar-refractivity contribution in [1.82, 2.24) is 4.90 Å². The van der Waals surface area contributed by atoms with E-state index in [1.807, 2.05) is 84.9 Å². The third-order valence-corrected chi connectivity index (χ3v) is 7.67. The van der Waals surface area contributed by atoms with E-state index in [0.717, 1.165) is 36.6 Å². The number of carbonyl (C=O) groups excluding carboxylic acids is 2. The van der Waals surface area contributed by atoms with Crippen LogP contribution in [0.25, 0.3) is 0 Å². The first-order chi connectivity index (χ1) is 21.4. The average Bonchev–Trinajstić information content (AvgIpc) is 3.00. The van der Waals surface area contributed by atoms with E-state index in [1.54, 1.807) is 12.1 Å². The minimum atomic E-state index is -0.676. The first-order valence-electron chi connectivity index (χ1n) is 14.9. The molecule has 0 bridgehead atoms. The van der Waals surface area contributed by atoms with Crippen LogP contribution in [-0.4, -0.2) is 60.2 Å². The number of aliphatic hydroxyl groups excluding tert-OH is 1. The Morgan fingerprint density at radius 3 is 1.89 bits per heavy atom. The molecule has 0 aliphatic carbocycles. The Balaban J connectivity index is 1.14. The van der Waals surface area contributed by atoms with Gasteiger partial charge >= 0.3 is 0 Å². The van der Waals surface area contributed by atoms with Crippen LogP contribution in [0.3, 0.4) is 0 Å². The van der Waals surface area contributed by atoms with Crippen LogP contribution in [0.15, 0.2) is 109 Å².